The molecule has 1 atom stereocenters. The predicted molar refractivity (Wildman–Crippen MR) is 68.9 cm³/mol. The lowest BCUT2D eigenvalue weighted by molar-refractivity contribution is -0.151. The minimum absolute atomic E-state index is 0.304. The van der Waals surface area contributed by atoms with Gasteiger partial charge in [0, 0.05) is 6.54 Å². The molecule has 1 amide bonds. The topological polar surface area (TPSA) is 57.6 Å². The first-order valence-electron chi connectivity index (χ1n) is 5.84. The van der Waals surface area contributed by atoms with Crippen LogP contribution in [0.25, 0.3) is 0 Å². The maximum absolute atomic E-state index is 11.3. The third-order valence-corrected chi connectivity index (χ3v) is 2.73. The van der Waals surface area contributed by atoms with E-state index in [2.05, 4.69) is 0 Å². The van der Waals surface area contributed by atoms with Crippen LogP contribution in [0, 0.1) is 5.41 Å². The molecular weight excluding hydrogens is 230 g/mol. The second-order valence-electron chi connectivity index (χ2n) is 5.37. The Hall–Kier alpha value is -1.84. The van der Waals surface area contributed by atoms with Crippen LogP contribution in [-0.4, -0.2) is 28.4 Å². The maximum Gasteiger partial charge on any atom is 0.326 e. The van der Waals surface area contributed by atoms with Gasteiger partial charge in [-0.25, -0.2) is 4.79 Å². The van der Waals surface area contributed by atoms with E-state index >= 15 is 0 Å². The number of nitrogens with zero attached hydrogens (tertiary/aromatic N) is 1. The molecule has 4 nitrogen and oxygen atoms in total. The lowest BCUT2D eigenvalue weighted by atomic mass is 9.85. The summed E-state index contributed by atoms with van der Waals surface area (Å²) in [6.45, 7) is 5.74. The van der Waals surface area contributed by atoms with E-state index in [1.807, 2.05) is 51.1 Å². The van der Waals surface area contributed by atoms with Crippen molar-refractivity contribution in [1.82, 2.24) is 4.90 Å². The average Bonchev–Trinajstić information content (AvgIpc) is 2.27. The van der Waals surface area contributed by atoms with Crippen molar-refractivity contribution in [2.75, 3.05) is 0 Å². The monoisotopic (exact) mass is 249 g/mol. The van der Waals surface area contributed by atoms with E-state index in [9.17, 15) is 14.7 Å². The third-order valence-electron chi connectivity index (χ3n) is 2.73. The molecule has 18 heavy (non-hydrogen) atoms. The van der Waals surface area contributed by atoms with Gasteiger partial charge in [0.15, 0.2) is 0 Å². The third kappa shape index (κ3) is 3.58. The standard InChI is InChI=1S/C14H19NO3/c1-14(2,3)12(13(17)18)15(10-16)9-11-7-5-4-6-8-11/h4-8,10,12H,9H2,1-3H3,(H,17,18)/t12-/m0/s1. The van der Waals surface area contributed by atoms with Gasteiger partial charge in [0.25, 0.3) is 0 Å². The number of hydrogen-bond acceptors (Lipinski definition) is 2. The van der Waals surface area contributed by atoms with Crippen molar-refractivity contribution in [1.29, 1.82) is 0 Å². The molecule has 0 aliphatic rings. The Morgan fingerprint density at radius 3 is 2.28 bits per heavy atom. The summed E-state index contributed by atoms with van der Waals surface area (Å²) >= 11 is 0. The van der Waals surface area contributed by atoms with E-state index in [0.717, 1.165) is 5.56 Å². The first-order valence-corrected chi connectivity index (χ1v) is 5.84. The summed E-state index contributed by atoms with van der Waals surface area (Å²) in [5.41, 5.74) is 0.404. The molecule has 1 aromatic rings. The zero-order valence-electron chi connectivity index (χ0n) is 11.0. The number of rotatable bonds is 5. The van der Waals surface area contributed by atoms with Crippen molar-refractivity contribution in [2.45, 2.75) is 33.4 Å². The number of amides is 1. The molecule has 4 heteroatoms. The van der Waals surface area contributed by atoms with Crippen LogP contribution in [0.4, 0.5) is 0 Å². The smallest absolute Gasteiger partial charge is 0.326 e. The Bertz CT molecular complexity index is 409. The van der Waals surface area contributed by atoms with E-state index in [1.165, 1.54) is 4.90 Å². The normalized spacial score (nSPS) is 12.8. The Balaban J connectivity index is 2.94. The molecule has 0 heterocycles. The number of aliphatic carboxylic acids is 1. The Morgan fingerprint density at radius 2 is 1.89 bits per heavy atom. The van der Waals surface area contributed by atoms with E-state index in [1.54, 1.807) is 0 Å². The Kier molecular flexibility index (Phi) is 4.48. The molecule has 0 aliphatic heterocycles. The van der Waals surface area contributed by atoms with E-state index in [4.69, 9.17) is 0 Å². The van der Waals surface area contributed by atoms with Gasteiger partial charge < -0.3 is 10.0 Å². The Morgan fingerprint density at radius 1 is 1.33 bits per heavy atom. The lowest BCUT2D eigenvalue weighted by Crippen LogP contribution is -2.48. The second-order valence-corrected chi connectivity index (χ2v) is 5.37. The summed E-state index contributed by atoms with van der Waals surface area (Å²) in [4.78, 5) is 23.8. The van der Waals surface area contributed by atoms with Gasteiger partial charge in [-0.05, 0) is 11.0 Å². The highest BCUT2D eigenvalue weighted by Crippen LogP contribution is 2.25. The minimum Gasteiger partial charge on any atom is -0.480 e. The first kappa shape index (κ1) is 14.2. The average molecular weight is 249 g/mol. The first-order chi connectivity index (χ1) is 8.36. The fourth-order valence-corrected chi connectivity index (χ4v) is 1.99. The fraction of sp³-hybridized carbons (Fsp3) is 0.429. The largest absolute Gasteiger partial charge is 0.480 e. The van der Waals surface area contributed by atoms with Crippen molar-refractivity contribution >= 4 is 12.4 Å². The molecule has 0 aliphatic carbocycles. The van der Waals surface area contributed by atoms with Gasteiger partial charge in [-0.2, -0.15) is 0 Å². The van der Waals surface area contributed by atoms with Crippen molar-refractivity contribution in [2.24, 2.45) is 5.41 Å². The van der Waals surface area contributed by atoms with Crippen LogP contribution >= 0.6 is 0 Å². The molecule has 1 N–H and O–H groups in total. The van der Waals surface area contributed by atoms with Crippen molar-refractivity contribution < 1.29 is 14.7 Å². The SMILES string of the molecule is CC(C)(C)[C@H](C(=O)O)N(C=O)Cc1ccccc1. The summed E-state index contributed by atoms with van der Waals surface area (Å²) in [7, 11) is 0. The number of carbonyl (C=O) groups is 2. The summed E-state index contributed by atoms with van der Waals surface area (Å²) in [6.07, 6.45) is 0.608. The molecule has 0 saturated carbocycles. The number of benzene rings is 1. The number of hydrogen-bond donors (Lipinski definition) is 1. The zero-order chi connectivity index (χ0) is 13.8. The summed E-state index contributed by atoms with van der Waals surface area (Å²) in [5, 5.41) is 9.29. The summed E-state index contributed by atoms with van der Waals surface area (Å²) in [6, 6.07) is 8.52. The highest BCUT2D eigenvalue weighted by atomic mass is 16.4. The lowest BCUT2D eigenvalue weighted by Gasteiger charge is -2.34. The molecule has 0 bridgehead atoms. The highest BCUT2D eigenvalue weighted by molar-refractivity contribution is 5.77. The molecule has 0 radical (unpaired) electrons. The fourth-order valence-electron chi connectivity index (χ4n) is 1.99. The van der Waals surface area contributed by atoms with Crippen LogP contribution in [0.3, 0.4) is 0 Å². The van der Waals surface area contributed by atoms with Crippen molar-refractivity contribution in [3.63, 3.8) is 0 Å². The number of carboxylic acid groups (broad SMARTS) is 1. The molecule has 98 valence electrons. The predicted octanol–water partition coefficient (Wildman–Crippen LogP) is 2.14. The zero-order valence-corrected chi connectivity index (χ0v) is 11.0. The number of carboxylic acids is 1. The number of carbonyl (C=O) groups excluding carboxylic acids is 1. The molecular formula is C14H19NO3. The molecule has 0 unspecified atom stereocenters. The van der Waals surface area contributed by atoms with Gasteiger partial charge in [-0.1, -0.05) is 51.1 Å². The van der Waals surface area contributed by atoms with Crippen LogP contribution in [0.5, 0.6) is 0 Å². The molecule has 1 aromatic carbocycles. The van der Waals surface area contributed by atoms with Gasteiger partial charge in [0.2, 0.25) is 6.41 Å². The van der Waals surface area contributed by atoms with E-state index in [-0.39, 0.29) is 0 Å². The maximum atomic E-state index is 11.3. The molecule has 0 saturated heterocycles. The molecule has 1 rings (SSSR count). The van der Waals surface area contributed by atoms with Gasteiger partial charge in [-0.15, -0.1) is 0 Å². The second kappa shape index (κ2) is 5.67. The van der Waals surface area contributed by atoms with Crippen molar-refractivity contribution in [3.05, 3.63) is 35.9 Å². The van der Waals surface area contributed by atoms with Crippen LogP contribution in [0.2, 0.25) is 0 Å². The van der Waals surface area contributed by atoms with Crippen LogP contribution < -0.4 is 0 Å². The Labute approximate surface area is 107 Å². The minimum atomic E-state index is -0.981. The van der Waals surface area contributed by atoms with Crippen LogP contribution in [0.1, 0.15) is 26.3 Å². The highest BCUT2D eigenvalue weighted by Gasteiger charge is 2.35. The van der Waals surface area contributed by atoms with E-state index in [0.29, 0.717) is 13.0 Å². The molecule has 0 spiro atoms. The van der Waals surface area contributed by atoms with Gasteiger partial charge >= 0.3 is 5.97 Å². The molecule has 0 aromatic heterocycles. The summed E-state index contributed by atoms with van der Waals surface area (Å²) < 4.78 is 0. The van der Waals surface area contributed by atoms with Crippen LogP contribution in [0.15, 0.2) is 30.3 Å². The summed E-state index contributed by atoms with van der Waals surface area (Å²) in [5.74, 6) is -0.981. The van der Waals surface area contributed by atoms with E-state index < -0.39 is 17.4 Å². The van der Waals surface area contributed by atoms with Gasteiger partial charge in [-0.3, -0.25) is 4.79 Å². The van der Waals surface area contributed by atoms with Crippen LogP contribution in [-0.2, 0) is 16.1 Å². The van der Waals surface area contributed by atoms with Gasteiger partial charge in [0.05, 0.1) is 0 Å². The molecule has 0 fully saturated rings. The van der Waals surface area contributed by atoms with Gasteiger partial charge in [0.1, 0.15) is 6.04 Å². The van der Waals surface area contributed by atoms with Crippen molar-refractivity contribution in [3.8, 4) is 0 Å². The quantitative estimate of drug-likeness (QED) is 0.813.